The molecule has 98 valence electrons. The van der Waals surface area contributed by atoms with E-state index in [9.17, 15) is 4.79 Å². The summed E-state index contributed by atoms with van der Waals surface area (Å²) < 4.78 is 0. The Hall–Kier alpha value is -1.26. The molecule has 5 heteroatoms. The molecule has 1 saturated carbocycles. The average molecular weight is 241 g/mol. The Bertz CT molecular complexity index is 296. The van der Waals surface area contributed by atoms with E-state index in [-0.39, 0.29) is 23.7 Å². The van der Waals surface area contributed by atoms with Crippen LogP contribution in [-0.4, -0.2) is 34.9 Å². The van der Waals surface area contributed by atoms with E-state index in [0.29, 0.717) is 6.54 Å². The average Bonchev–Trinajstić information content (AvgIpc) is 2.35. The van der Waals surface area contributed by atoms with Gasteiger partial charge >= 0.3 is 0 Å². The topological polar surface area (TPSA) is 78.9 Å². The number of rotatable bonds is 4. The summed E-state index contributed by atoms with van der Waals surface area (Å²) in [6.07, 6.45) is 5.33. The molecule has 0 atom stereocenters. The second-order valence-corrected chi connectivity index (χ2v) is 5.03. The van der Waals surface area contributed by atoms with Crippen molar-refractivity contribution in [2.75, 3.05) is 13.1 Å². The maximum atomic E-state index is 12.4. The molecule has 0 aromatic carbocycles. The molecule has 1 aliphatic rings. The molecular formula is C12H23N3O2. The molecule has 0 saturated heterocycles. The van der Waals surface area contributed by atoms with E-state index < -0.39 is 0 Å². The molecule has 0 unspecified atom stereocenters. The van der Waals surface area contributed by atoms with Crippen molar-refractivity contribution >= 4 is 11.7 Å². The van der Waals surface area contributed by atoms with E-state index in [1.54, 1.807) is 4.90 Å². The number of oxime groups is 1. The fourth-order valence-electron chi connectivity index (χ4n) is 2.48. The number of hydrogen-bond donors (Lipinski definition) is 2. The normalized spacial score (nSPS) is 20.0. The van der Waals surface area contributed by atoms with E-state index in [0.717, 1.165) is 25.7 Å². The van der Waals surface area contributed by atoms with Gasteiger partial charge in [-0.2, -0.15) is 0 Å². The maximum absolute atomic E-state index is 12.4. The first-order valence-electron chi connectivity index (χ1n) is 6.29. The van der Waals surface area contributed by atoms with Crippen LogP contribution in [0.5, 0.6) is 0 Å². The smallest absolute Gasteiger partial charge is 0.228 e. The van der Waals surface area contributed by atoms with Crippen molar-refractivity contribution in [1.29, 1.82) is 0 Å². The van der Waals surface area contributed by atoms with Gasteiger partial charge in [-0.25, -0.2) is 0 Å². The van der Waals surface area contributed by atoms with Gasteiger partial charge in [0.05, 0.1) is 6.54 Å². The van der Waals surface area contributed by atoms with E-state index in [4.69, 9.17) is 10.9 Å². The van der Waals surface area contributed by atoms with Crippen LogP contribution in [0.3, 0.4) is 0 Å². The number of nitrogens with zero attached hydrogens (tertiary/aromatic N) is 2. The quantitative estimate of drug-likeness (QED) is 0.339. The Balaban J connectivity index is 2.70. The van der Waals surface area contributed by atoms with Crippen molar-refractivity contribution in [3.8, 4) is 0 Å². The predicted octanol–water partition coefficient (Wildman–Crippen LogP) is 1.55. The van der Waals surface area contributed by atoms with Gasteiger partial charge in [0.25, 0.3) is 0 Å². The fourth-order valence-corrected chi connectivity index (χ4v) is 2.48. The Kier molecular flexibility index (Phi) is 4.78. The van der Waals surface area contributed by atoms with Crippen LogP contribution in [0.25, 0.3) is 0 Å². The van der Waals surface area contributed by atoms with Crippen molar-refractivity contribution < 1.29 is 10.0 Å². The zero-order chi connectivity index (χ0) is 12.9. The summed E-state index contributed by atoms with van der Waals surface area (Å²) in [6, 6.07) is 0. The monoisotopic (exact) mass is 241 g/mol. The molecular weight excluding hydrogens is 218 g/mol. The molecule has 0 spiro atoms. The van der Waals surface area contributed by atoms with Gasteiger partial charge in [0.2, 0.25) is 5.91 Å². The van der Waals surface area contributed by atoms with Crippen molar-refractivity contribution in [2.45, 2.75) is 46.0 Å². The molecule has 1 aliphatic carbocycles. The molecule has 0 heterocycles. The lowest BCUT2D eigenvalue weighted by Gasteiger charge is -2.36. The molecule has 0 aromatic heterocycles. The van der Waals surface area contributed by atoms with Crippen molar-refractivity contribution in [1.82, 2.24) is 4.90 Å². The summed E-state index contributed by atoms with van der Waals surface area (Å²) in [5, 5.41) is 11.5. The fraction of sp³-hybridized carbons (Fsp3) is 0.833. The van der Waals surface area contributed by atoms with Crippen molar-refractivity contribution in [3.63, 3.8) is 0 Å². The third-order valence-electron chi connectivity index (χ3n) is 3.62. The zero-order valence-corrected chi connectivity index (χ0v) is 10.8. The van der Waals surface area contributed by atoms with Gasteiger partial charge in [0.1, 0.15) is 0 Å². The summed E-state index contributed by atoms with van der Waals surface area (Å²) in [5.74, 6) is 0.214. The minimum Gasteiger partial charge on any atom is -0.409 e. The van der Waals surface area contributed by atoms with Crippen LogP contribution in [0.4, 0.5) is 0 Å². The van der Waals surface area contributed by atoms with Gasteiger partial charge in [-0.3, -0.25) is 4.79 Å². The largest absolute Gasteiger partial charge is 0.409 e. The number of likely N-dealkylation sites (N-methyl/N-ethyl adjacent to an activating group) is 1. The van der Waals surface area contributed by atoms with Gasteiger partial charge in [-0.05, 0) is 19.8 Å². The van der Waals surface area contributed by atoms with E-state index >= 15 is 0 Å². The van der Waals surface area contributed by atoms with Crippen LogP contribution in [0.2, 0.25) is 0 Å². The molecule has 0 radical (unpaired) electrons. The second-order valence-electron chi connectivity index (χ2n) is 5.03. The SMILES string of the molecule is CCN(CC(N)=NO)C(=O)C1(C)CCCCC1. The van der Waals surface area contributed by atoms with Crippen molar-refractivity contribution in [2.24, 2.45) is 16.3 Å². The summed E-state index contributed by atoms with van der Waals surface area (Å²) in [7, 11) is 0. The van der Waals surface area contributed by atoms with E-state index in [1.807, 2.05) is 13.8 Å². The Morgan fingerprint density at radius 1 is 1.41 bits per heavy atom. The standard InChI is InChI=1S/C12H23N3O2/c1-3-15(9-10(13)14-17)11(16)12(2)7-5-4-6-8-12/h17H,3-9H2,1-2H3,(H2,13,14). The van der Waals surface area contributed by atoms with Crippen LogP contribution >= 0.6 is 0 Å². The molecule has 0 aliphatic heterocycles. The molecule has 5 nitrogen and oxygen atoms in total. The van der Waals surface area contributed by atoms with Crippen LogP contribution in [0, 0.1) is 5.41 Å². The predicted molar refractivity (Wildman–Crippen MR) is 66.9 cm³/mol. The summed E-state index contributed by atoms with van der Waals surface area (Å²) in [4.78, 5) is 14.1. The van der Waals surface area contributed by atoms with Crippen LogP contribution in [0.1, 0.15) is 46.0 Å². The Labute approximate surface area is 103 Å². The first kappa shape index (κ1) is 13.8. The number of carbonyl (C=O) groups excluding carboxylic acids is 1. The highest BCUT2D eigenvalue weighted by molar-refractivity contribution is 5.89. The van der Waals surface area contributed by atoms with E-state index in [2.05, 4.69) is 5.16 Å². The van der Waals surface area contributed by atoms with E-state index in [1.165, 1.54) is 6.42 Å². The minimum absolute atomic E-state index is 0.0830. The van der Waals surface area contributed by atoms with Crippen LogP contribution < -0.4 is 5.73 Å². The molecule has 1 rings (SSSR count). The summed E-state index contributed by atoms with van der Waals surface area (Å²) in [6.45, 7) is 4.74. The number of hydrogen-bond acceptors (Lipinski definition) is 3. The third-order valence-corrected chi connectivity index (χ3v) is 3.62. The first-order valence-corrected chi connectivity index (χ1v) is 6.29. The maximum Gasteiger partial charge on any atom is 0.228 e. The highest BCUT2D eigenvalue weighted by atomic mass is 16.4. The van der Waals surface area contributed by atoms with Gasteiger partial charge < -0.3 is 15.8 Å². The Morgan fingerprint density at radius 3 is 2.47 bits per heavy atom. The van der Waals surface area contributed by atoms with Gasteiger partial charge in [0, 0.05) is 12.0 Å². The van der Waals surface area contributed by atoms with Gasteiger partial charge in [-0.1, -0.05) is 31.3 Å². The van der Waals surface area contributed by atoms with Crippen LogP contribution in [0.15, 0.2) is 5.16 Å². The summed E-state index contributed by atoms with van der Waals surface area (Å²) >= 11 is 0. The number of nitrogens with two attached hydrogens (primary N) is 1. The number of carbonyl (C=O) groups is 1. The first-order chi connectivity index (χ1) is 8.03. The molecule has 3 N–H and O–H groups in total. The van der Waals surface area contributed by atoms with Crippen molar-refractivity contribution in [3.05, 3.63) is 0 Å². The lowest BCUT2D eigenvalue weighted by molar-refractivity contribution is -0.142. The van der Waals surface area contributed by atoms with Crippen LogP contribution in [-0.2, 0) is 4.79 Å². The summed E-state index contributed by atoms with van der Waals surface area (Å²) in [5.41, 5.74) is 5.21. The van der Waals surface area contributed by atoms with Gasteiger partial charge in [0.15, 0.2) is 5.84 Å². The molecule has 0 bridgehead atoms. The third kappa shape index (κ3) is 3.35. The second kappa shape index (κ2) is 5.89. The molecule has 17 heavy (non-hydrogen) atoms. The number of amidine groups is 1. The molecule has 1 fully saturated rings. The van der Waals surface area contributed by atoms with Gasteiger partial charge in [-0.15, -0.1) is 0 Å². The zero-order valence-electron chi connectivity index (χ0n) is 10.8. The highest BCUT2D eigenvalue weighted by Crippen LogP contribution is 2.37. The number of amides is 1. The molecule has 1 amide bonds. The highest BCUT2D eigenvalue weighted by Gasteiger charge is 2.37. The minimum atomic E-state index is -0.260. The lowest BCUT2D eigenvalue weighted by Crippen LogP contribution is -2.46. The Morgan fingerprint density at radius 2 is 2.00 bits per heavy atom. The lowest BCUT2D eigenvalue weighted by atomic mass is 9.74. The molecule has 0 aromatic rings.